The minimum atomic E-state index is 0.0269. The Morgan fingerprint density at radius 2 is 2.12 bits per heavy atom. The Kier molecular flexibility index (Phi) is 7.01. The molecule has 1 unspecified atom stereocenters. The summed E-state index contributed by atoms with van der Waals surface area (Å²) < 4.78 is 11.4. The van der Waals surface area contributed by atoms with E-state index in [4.69, 9.17) is 14.6 Å². The van der Waals surface area contributed by atoms with Crippen molar-refractivity contribution < 1.29 is 14.6 Å². The van der Waals surface area contributed by atoms with Crippen LogP contribution in [0.1, 0.15) is 52.4 Å². The highest BCUT2D eigenvalue weighted by Crippen LogP contribution is 2.18. The van der Waals surface area contributed by atoms with Crippen molar-refractivity contribution >= 4 is 0 Å². The number of aliphatic hydroxyl groups excluding tert-OH is 1. The first-order valence-corrected chi connectivity index (χ1v) is 6.60. The van der Waals surface area contributed by atoms with Gasteiger partial charge in [0.2, 0.25) is 0 Å². The average Bonchev–Trinajstić information content (AvgIpc) is 2.30. The van der Waals surface area contributed by atoms with Crippen molar-refractivity contribution in [1.29, 1.82) is 0 Å². The lowest BCUT2D eigenvalue weighted by atomic mass is 10.0. The fraction of sp³-hybridized carbons (Fsp3) is 1.00. The molecule has 0 amide bonds. The molecule has 0 saturated carbocycles. The second-order valence-corrected chi connectivity index (χ2v) is 4.96. The van der Waals surface area contributed by atoms with Crippen molar-refractivity contribution in [2.75, 3.05) is 13.2 Å². The summed E-state index contributed by atoms with van der Waals surface area (Å²) in [5, 5.41) is 8.91. The van der Waals surface area contributed by atoms with Crippen LogP contribution in [-0.2, 0) is 9.47 Å². The predicted molar refractivity (Wildman–Crippen MR) is 64.2 cm³/mol. The van der Waals surface area contributed by atoms with E-state index in [0.717, 1.165) is 32.3 Å². The van der Waals surface area contributed by atoms with E-state index < -0.39 is 0 Å². The fourth-order valence-electron chi connectivity index (χ4n) is 1.99. The lowest BCUT2D eigenvalue weighted by Crippen LogP contribution is -2.26. The molecule has 0 aromatic rings. The van der Waals surface area contributed by atoms with Crippen LogP contribution in [-0.4, -0.2) is 30.7 Å². The van der Waals surface area contributed by atoms with Crippen LogP contribution in [0.5, 0.6) is 0 Å². The zero-order chi connectivity index (χ0) is 11.8. The van der Waals surface area contributed by atoms with E-state index in [1.54, 1.807) is 0 Å². The van der Waals surface area contributed by atoms with Crippen molar-refractivity contribution in [1.82, 2.24) is 0 Å². The SMILES string of the molecule is C[C@H](CO)CCC[C@@H](C)OC1CCCCO1. The topological polar surface area (TPSA) is 38.7 Å². The van der Waals surface area contributed by atoms with Gasteiger partial charge >= 0.3 is 0 Å². The molecule has 1 aliphatic heterocycles. The maximum absolute atomic E-state index is 8.91. The quantitative estimate of drug-likeness (QED) is 0.731. The third-order valence-corrected chi connectivity index (χ3v) is 3.14. The Hall–Kier alpha value is -0.120. The second-order valence-electron chi connectivity index (χ2n) is 4.96. The largest absolute Gasteiger partial charge is 0.396 e. The zero-order valence-corrected chi connectivity index (χ0v) is 10.7. The van der Waals surface area contributed by atoms with Gasteiger partial charge in [-0.25, -0.2) is 0 Å². The van der Waals surface area contributed by atoms with Gasteiger partial charge < -0.3 is 14.6 Å². The van der Waals surface area contributed by atoms with E-state index in [2.05, 4.69) is 13.8 Å². The van der Waals surface area contributed by atoms with E-state index >= 15 is 0 Å². The molecule has 96 valence electrons. The number of aliphatic hydroxyl groups is 1. The molecule has 1 heterocycles. The summed E-state index contributed by atoms with van der Waals surface area (Å²) in [5.74, 6) is 0.415. The summed E-state index contributed by atoms with van der Waals surface area (Å²) in [6.45, 7) is 5.33. The highest BCUT2D eigenvalue weighted by Gasteiger charge is 2.16. The second kappa shape index (κ2) is 8.04. The van der Waals surface area contributed by atoms with Gasteiger partial charge in [0.15, 0.2) is 6.29 Å². The monoisotopic (exact) mass is 230 g/mol. The predicted octanol–water partition coefficient (Wildman–Crippen LogP) is 2.72. The Balaban J connectivity index is 2.03. The molecule has 0 aliphatic carbocycles. The number of ether oxygens (including phenoxy) is 2. The third kappa shape index (κ3) is 5.83. The van der Waals surface area contributed by atoms with Gasteiger partial charge in [-0.1, -0.05) is 13.3 Å². The molecule has 0 aromatic carbocycles. The molecule has 0 radical (unpaired) electrons. The van der Waals surface area contributed by atoms with Crippen molar-refractivity contribution in [3.63, 3.8) is 0 Å². The third-order valence-electron chi connectivity index (χ3n) is 3.14. The lowest BCUT2D eigenvalue weighted by molar-refractivity contribution is -0.185. The molecule has 1 fully saturated rings. The van der Waals surface area contributed by atoms with Crippen LogP contribution in [0.25, 0.3) is 0 Å². The molecule has 0 aromatic heterocycles. The van der Waals surface area contributed by atoms with Gasteiger partial charge in [-0.05, 0) is 44.9 Å². The molecule has 1 saturated heterocycles. The molecule has 0 bridgehead atoms. The fourth-order valence-corrected chi connectivity index (χ4v) is 1.99. The lowest BCUT2D eigenvalue weighted by Gasteiger charge is -2.26. The van der Waals surface area contributed by atoms with Crippen molar-refractivity contribution in [3.8, 4) is 0 Å². The minimum Gasteiger partial charge on any atom is -0.396 e. The van der Waals surface area contributed by atoms with Crippen LogP contribution in [0.3, 0.4) is 0 Å². The van der Waals surface area contributed by atoms with E-state index in [9.17, 15) is 0 Å². The van der Waals surface area contributed by atoms with Crippen LogP contribution in [0.15, 0.2) is 0 Å². The van der Waals surface area contributed by atoms with Crippen molar-refractivity contribution in [3.05, 3.63) is 0 Å². The highest BCUT2D eigenvalue weighted by atomic mass is 16.7. The minimum absolute atomic E-state index is 0.0269. The summed E-state index contributed by atoms with van der Waals surface area (Å²) in [5.41, 5.74) is 0. The van der Waals surface area contributed by atoms with Gasteiger partial charge in [-0.2, -0.15) is 0 Å². The average molecular weight is 230 g/mol. The van der Waals surface area contributed by atoms with E-state index in [1.807, 2.05) is 0 Å². The van der Waals surface area contributed by atoms with Crippen LogP contribution in [0.2, 0.25) is 0 Å². The van der Waals surface area contributed by atoms with Crippen LogP contribution in [0, 0.1) is 5.92 Å². The van der Waals surface area contributed by atoms with Gasteiger partial charge in [0, 0.05) is 13.2 Å². The Morgan fingerprint density at radius 3 is 2.75 bits per heavy atom. The molecule has 1 aliphatic rings. The van der Waals surface area contributed by atoms with Crippen molar-refractivity contribution in [2.24, 2.45) is 5.92 Å². The maximum Gasteiger partial charge on any atom is 0.157 e. The zero-order valence-electron chi connectivity index (χ0n) is 10.7. The number of rotatable bonds is 7. The molecule has 1 N–H and O–H groups in total. The molecule has 1 rings (SSSR count). The van der Waals surface area contributed by atoms with Crippen molar-refractivity contribution in [2.45, 2.75) is 64.8 Å². The Morgan fingerprint density at radius 1 is 1.31 bits per heavy atom. The number of hydrogen-bond acceptors (Lipinski definition) is 3. The van der Waals surface area contributed by atoms with E-state index in [-0.39, 0.29) is 12.4 Å². The first-order chi connectivity index (χ1) is 7.72. The van der Waals surface area contributed by atoms with Crippen LogP contribution >= 0.6 is 0 Å². The Labute approximate surface area is 99.1 Å². The molecule has 16 heavy (non-hydrogen) atoms. The highest BCUT2D eigenvalue weighted by molar-refractivity contribution is 4.59. The molecule has 0 spiro atoms. The standard InChI is InChI=1S/C13H26O3/c1-11(10-14)6-5-7-12(2)16-13-8-3-4-9-15-13/h11-14H,3-10H2,1-2H3/t11-,12+,13?/m0/s1. The summed E-state index contributed by atoms with van der Waals surface area (Å²) in [6, 6.07) is 0. The van der Waals surface area contributed by atoms with Gasteiger partial charge in [-0.15, -0.1) is 0 Å². The van der Waals surface area contributed by atoms with Gasteiger partial charge in [0.05, 0.1) is 6.10 Å². The van der Waals surface area contributed by atoms with Gasteiger partial charge in [0.1, 0.15) is 0 Å². The van der Waals surface area contributed by atoms with E-state index in [1.165, 1.54) is 12.8 Å². The van der Waals surface area contributed by atoms with Gasteiger partial charge in [0.25, 0.3) is 0 Å². The molecule has 3 atom stereocenters. The molecular formula is C13H26O3. The van der Waals surface area contributed by atoms with Crippen LogP contribution < -0.4 is 0 Å². The molecular weight excluding hydrogens is 204 g/mol. The molecule has 3 heteroatoms. The number of hydrogen-bond donors (Lipinski definition) is 1. The normalized spacial score (nSPS) is 25.3. The Bertz CT molecular complexity index is 167. The first kappa shape index (κ1) is 13.9. The van der Waals surface area contributed by atoms with Gasteiger partial charge in [-0.3, -0.25) is 0 Å². The smallest absolute Gasteiger partial charge is 0.157 e. The molecule has 3 nitrogen and oxygen atoms in total. The van der Waals surface area contributed by atoms with Crippen LogP contribution in [0.4, 0.5) is 0 Å². The summed E-state index contributed by atoms with van der Waals surface area (Å²) in [7, 11) is 0. The first-order valence-electron chi connectivity index (χ1n) is 6.60. The summed E-state index contributed by atoms with van der Waals surface area (Å²) >= 11 is 0. The summed E-state index contributed by atoms with van der Waals surface area (Å²) in [4.78, 5) is 0. The maximum atomic E-state index is 8.91. The summed E-state index contributed by atoms with van der Waals surface area (Å²) in [6.07, 6.45) is 6.99. The van der Waals surface area contributed by atoms with E-state index in [0.29, 0.717) is 12.5 Å².